The molecule has 3 nitrogen and oxygen atoms in total. The topological polar surface area (TPSA) is 51.8 Å². The van der Waals surface area contributed by atoms with E-state index >= 15 is 0 Å². The second-order valence-electron chi connectivity index (χ2n) is 3.76. The molecule has 0 spiro atoms. The molecule has 1 aromatic heterocycles. The summed E-state index contributed by atoms with van der Waals surface area (Å²) < 4.78 is 38.0. The van der Waals surface area contributed by atoms with E-state index in [-0.39, 0.29) is 11.3 Å². The molecule has 2 rings (SSSR count). The monoisotopic (exact) mass is 285 g/mol. The first-order valence-corrected chi connectivity index (χ1v) is 6.47. The molecule has 0 amide bonds. The summed E-state index contributed by atoms with van der Waals surface area (Å²) in [6.45, 7) is 0. The lowest BCUT2D eigenvalue weighted by atomic mass is 10.0. The molecule has 0 aliphatic rings. The van der Waals surface area contributed by atoms with Gasteiger partial charge in [0, 0.05) is 29.2 Å². The molecule has 0 fully saturated rings. The second-order valence-corrected chi connectivity index (χ2v) is 4.53. The lowest BCUT2D eigenvalue weighted by Gasteiger charge is -2.11. The first-order chi connectivity index (χ1) is 8.91. The number of hydrogen-bond donors (Lipinski definition) is 1. The van der Waals surface area contributed by atoms with Crippen molar-refractivity contribution in [2.45, 2.75) is 11.3 Å². The van der Waals surface area contributed by atoms with Gasteiger partial charge in [-0.3, -0.25) is 0 Å². The number of hydrogen-bond acceptors (Lipinski definition) is 4. The van der Waals surface area contributed by atoms with Crippen molar-refractivity contribution in [3.8, 4) is 11.1 Å². The minimum absolute atomic E-state index is 0.258. The van der Waals surface area contributed by atoms with Crippen LogP contribution in [0.4, 0.5) is 18.9 Å². The highest BCUT2D eigenvalue weighted by atomic mass is 32.2. The minimum Gasteiger partial charge on any atom is -0.398 e. The normalized spacial score (nSPS) is 11.6. The van der Waals surface area contributed by atoms with Crippen LogP contribution in [-0.4, -0.2) is 16.2 Å². The number of benzene rings is 1. The third-order valence-electron chi connectivity index (χ3n) is 2.50. The Kier molecular flexibility index (Phi) is 3.66. The predicted octanol–water partition coefficient (Wildman–Crippen LogP) is 3.47. The number of nitrogen functional groups attached to an aromatic ring is 1. The van der Waals surface area contributed by atoms with Crippen molar-refractivity contribution in [2.75, 3.05) is 12.0 Å². The van der Waals surface area contributed by atoms with Gasteiger partial charge in [0.1, 0.15) is 0 Å². The number of anilines is 1. The summed E-state index contributed by atoms with van der Waals surface area (Å²) in [5, 5.41) is 0.550. The summed E-state index contributed by atoms with van der Waals surface area (Å²) in [5.74, 6) is 0. The molecule has 0 saturated heterocycles. The van der Waals surface area contributed by atoms with Crippen molar-refractivity contribution in [1.29, 1.82) is 0 Å². The van der Waals surface area contributed by atoms with Crippen molar-refractivity contribution < 1.29 is 13.2 Å². The molecule has 1 heterocycles. The molecule has 0 saturated carbocycles. The fourth-order valence-electron chi connectivity index (χ4n) is 1.54. The average Bonchev–Trinajstić information content (AvgIpc) is 2.38. The minimum atomic E-state index is -4.40. The quantitative estimate of drug-likeness (QED) is 0.521. The first-order valence-electron chi connectivity index (χ1n) is 5.25. The summed E-state index contributed by atoms with van der Waals surface area (Å²) in [6.07, 6.45) is 0.339. The van der Waals surface area contributed by atoms with Gasteiger partial charge in [-0.25, -0.2) is 9.97 Å². The Labute approximate surface area is 112 Å². The molecule has 0 atom stereocenters. The Balaban J connectivity index is 2.48. The Morgan fingerprint density at radius 1 is 1.16 bits per heavy atom. The van der Waals surface area contributed by atoms with Crippen LogP contribution in [0.1, 0.15) is 5.56 Å². The van der Waals surface area contributed by atoms with Gasteiger partial charge in [-0.15, -0.1) is 0 Å². The summed E-state index contributed by atoms with van der Waals surface area (Å²) in [6, 6.07) is 3.20. The molecule has 0 radical (unpaired) electrons. The van der Waals surface area contributed by atoms with Gasteiger partial charge in [0.15, 0.2) is 5.16 Å². The highest BCUT2D eigenvalue weighted by Crippen LogP contribution is 2.34. The summed E-state index contributed by atoms with van der Waals surface area (Å²) >= 11 is 1.35. The Hall–Kier alpha value is -1.76. The maximum absolute atomic E-state index is 12.7. The zero-order chi connectivity index (χ0) is 14.0. The number of halogens is 3. The predicted molar refractivity (Wildman–Crippen MR) is 68.7 cm³/mol. The molecule has 0 aliphatic carbocycles. The molecule has 1 aromatic carbocycles. The van der Waals surface area contributed by atoms with Crippen LogP contribution in [0.25, 0.3) is 11.1 Å². The van der Waals surface area contributed by atoms with Gasteiger partial charge in [0.05, 0.1) is 5.56 Å². The van der Waals surface area contributed by atoms with E-state index in [0.717, 1.165) is 12.1 Å². The van der Waals surface area contributed by atoms with Crippen LogP contribution in [0.5, 0.6) is 0 Å². The number of nitrogens with zero attached hydrogens (tertiary/aromatic N) is 2. The molecule has 19 heavy (non-hydrogen) atoms. The largest absolute Gasteiger partial charge is 0.416 e. The second kappa shape index (κ2) is 5.08. The van der Waals surface area contributed by atoms with Gasteiger partial charge in [0.25, 0.3) is 0 Å². The van der Waals surface area contributed by atoms with Crippen LogP contribution in [0.3, 0.4) is 0 Å². The van der Waals surface area contributed by atoms with E-state index in [1.54, 1.807) is 0 Å². The highest BCUT2D eigenvalue weighted by Gasteiger charge is 2.31. The Morgan fingerprint density at radius 2 is 1.79 bits per heavy atom. The molecule has 100 valence electrons. The number of aromatic nitrogens is 2. The SMILES string of the molecule is CSc1ncc(-c2cc(C(F)(F)F)ccc2N)cn1. The number of thioether (sulfide) groups is 1. The third kappa shape index (κ3) is 2.98. The van der Waals surface area contributed by atoms with E-state index in [9.17, 15) is 13.2 Å². The van der Waals surface area contributed by atoms with Crippen LogP contribution in [0.15, 0.2) is 35.7 Å². The van der Waals surface area contributed by atoms with Crippen LogP contribution in [-0.2, 0) is 6.18 Å². The maximum atomic E-state index is 12.7. The molecular formula is C12H10F3N3S. The zero-order valence-electron chi connectivity index (χ0n) is 9.90. The lowest BCUT2D eigenvalue weighted by molar-refractivity contribution is -0.137. The maximum Gasteiger partial charge on any atom is 0.416 e. The van der Waals surface area contributed by atoms with Crippen LogP contribution in [0.2, 0.25) is 0 Å². The van der Waals surface area contributed by atoms with E-state index in [1.807, 2.05) is 6.26 Å². The standard InChI is InChI=1S/C12H10F3N3S/c1-19-11-17-5-7(6-18-11)9-4-8(12(13,14)15)2-3-10(9)16/h2-6H,16H2,1H3. The fourth-order valence-corrected chi connectivity index (χ4v) is 1.86. The van der Waals surface area contributed by atoms with E-state index in [0.29, 0.717) is 10.7 Å². The first kappa shape index (κ1) is 13.7. The van der Waals surface area contributed by atoms with Crippen LogP contribution in [0, 0.1) is 0 Å². The van der Waals surface area contributed by atoms with Crippen molar-refractivity contribution in [1.82, 2.24) is 9.97 Å². The lowest BCUT2D eigenvalue weighted by Crippen LogP contribution is -2.05. The van der Waals surface area contributed by atoms with E-state index < -0.39 is 11.7 Å². The van der Waals surface area contributed by atoms with Crippen LogP contribution >= 0.6 is 11.8 Å². The van der Waals surface area contributed by atoms with Gasteiger partial charge in [-0.2, -0.15) is 13.2 Å². The van der Waals surface area contributed by atoms with E-state index in [1.165, 1.54) is 30.2 Å². The van der Waals surface area contributed by atoms with Gasteiger partial charge in [-0.1, -0.05) is 11.8 Å². The fraction of sp³-hybridized carbons (Fsp3) is 0.167. The van der Waals surface area contributed by atoms with E-state index in [4.69, 9.17) is 5.73 Å². The molecule has 0 unspecified atom stereocenters. The van der Waals surface area contributed by atoms with Gasteiger partial charge in [-0.05, 0) is 24.5 Å². The molecule has 2 aromatic rings. The number of alkyl halides is 3. The average molecular weight is 285 g/mol. The van der Waals surface area contributed by atoms with Gasteiger partial charge >= 0.3 is 6.18 Å². The summed E-state index contributed by atoms with van der Waals surface area (Å²) in [5.41, 5.74) is 5.96. The molecule has 0 bridgehead atoms. The zero-order valence-corrected chi connectivity index (χ0v) is 10.7. The van der Waals surface area contributed by atoms with Crippen molar-refractivity contribution in [3.05, 3.63) is 36.2 Å². The molecule has 2 N–H and O–H groups in total. The molecule has 0 aliphatic heterocycles. The van der Waals surface area contributed by atoms with Gasteiger partial charge in [0.2, 0.25) is 0 Å². The smallest absolute Gasteiger partial charge is 0.398 e. The molecular weight excluding hydrogens is 275 g/mol. The summed E-state index contributed by atoms with van der Waals surface area (Å²) in [7, 11) is 0. The Morgan fingerprint density at radius 3 is 2.32 bits per heavy atom. The molecule has 7 heteroatoms. The number of nitrogens with two attached hydrogens (primary N) is 1. The third-order valence-corrected chi connectivity index (χ3v) is 3.08. The summed E-state index contributed by atoms with van der Waals surface area (Å²) in [4.78, 5) is 8.04. The van der Waals surface area contributed by atoms with Crippen molar-refractivity contribution >= 4 is 17.4 Å². The highest BCUT2D eigenvalue weighted by molar-refractivity contribution is 7.98. The van der Waals surface area contributed by atoms with Crippen molar-refractivity contribution in [3.63, 3.8) is 0 Å². The van der Waals surface area contributed by atoms with Crippen LogP contribution < -0.4 is 5.73 Å². The van der Waals surface area contributed by atoms with Crippen molar-refractivity contribution in [2.24, 2.45) is 0 Å². The van der Waals surface area contributed by atoms with Gasteiger partial charge < -0.3 is 5.73 Å². The Bertz CT molecular complexity index is 582. The number of rotatable bonds is 2. The van der Waals surface area contributed by atoms with E-state index in [2.05, 4.69) is 9.97 Å².